The summed E-state index contributed by atoms with van der Waals surface area (Å²) in [7, 11) is 0. The van der Waals surface area contributed by atoms with Crippen molar-refractivity contribution in [3.63, 3.8) is 0 Å². The van der Waals surface area contributed by atoms with Gasteiger partial charge in [0.1, 0.15) is 10.2 Å². The molecular formula is C8H6ClNS2. The number of hydrogen-bond acceptors (Lipinski definition) is 3. The van der Waals surface area contributed by atoms with E-state index in [9.17, 15) is 0 Å². The third-order valence-corrected chi connectivity index (χ3v) is 3.53. The second-order valence-corrected chi connectivity index (χ2v) is 4.78. The van der Waals surface area contributed by atoms with E-state index in [1.807, 2.05) is 5.38 Å². The molecule has 1 nitrogen and oxygen atoms in total. The first kappa shape index (κ1) is 8.23. The summed E-state index contributed by atoms with van der Waals surface area (Å²) in [5.41, 5.74) is 1.18. The largest absolute Gasteiger partial charge is 0.224 e. The smallest absolute Gasteiger partial charge is 0.140 e. The number of halogens is 1. The van der Waals surface area contributed by atoms with Crippen LogP contribution in [0.25, 0.3) is 10.6 Å². The number of thiazole rings is 1. The van der Waals surface area contributed by atoms with Gasteiger partial charge in [-0.15, -0.1) is 22.7 Å². The first-order chi connectivity index (χ1) is 5.75. The van der Waals surface area contributed by atoms with Crippen LogP contribution < -0.4 is 0 Å². The molecular weight excluding hydrogens is 210 g/mol. The van der Waals surface area contributed by atoms with Crippen LogP contribution in [0, 0.1) is 6.92 Å². The maximum Gasteiger partial charge on any atom is 0.140 e. The zero-order valence-electron chi connectivity index (χ0n) is 6.37. The molecule has 0 aliphatic heterocycles. The highest BCUT2D eigenvalue weighted by molar-refractivity contribution is 7.14. The number of aromatic nitrogens is 1. The van der Waals surface area contributed by atoms with Gasteiger partial charge < -0.3 is 0 Å². The van der Waals surface area contributed by atoms with Crippen LogP contribution in [-0.2, 0) is 0 Å². The number of hydrogen-bond donors (Lipinski definition) is 0. The van der Waals surface area contributed by atoms with Crippen LogP contribution in [0.2, 0.25) is 5.15 Å². The summed E-state index contributed by atoms with van der Waals surface area (Å²) in [5, 5.41) is 5.54. The molecule has 62 valence electrons. The molecule has 0 N–H and O–H groups in total. The van der Waals surface area contributed by atoms with E-state index in [1.54, 1.807) is 22.7 Å². The SMILES string of the molecule is Cc1cc(-c2nc(Cl)cs2)cs1. The Morgan fingerprint density at radius 1 is 1.33 bits per heavy atom. The molecule has 0 bridgehead atoms. The van der Waals surface area contributed by atoms with Crippen molar-refractivity contribution in [1.82, 2.24) is 4.98 Å². The highest BCUT2D eigenvalue weighted by Gasteiger charge is 2.03. The Bertz CT molecular complexity index is 353. The van der Waals surface area contributed by atoms with Gasteiger partial charge in [0.25, 0.3) is 0 Å². The zero-order valence-corrected chi connectivity index (χ0v) is 8.76. The van der Waals surface area contributed by atoms with Crippen LogP contribution in [-0.4, -0.2) is 4.98 Å². The summed E-state index contributed by atoms with van der Waals surface area (Å²) in [4.78, 5) is 5.49. The van der Waals surface area contributed by atoms with E-state index in [2.05, 4.69) is 23.4 Å². The molecule has 0 saturated heterocycles. The van der Waals surface area contributed by atoms with Crippen LogP contribution in [0.5, 0.6) is 0 Å². The number of rotatable bonds is 1. The first-order valence-electron chi connectivity index (χ1n) is 3.42. The van der Waals surface area contributed by atoms with Crippen molar-refractivity contribution in [3.05, 3.63) is 26.9 Å². The molecule has 0 atom stereocenters. The summed E-state index contributed by atoms with van der Waals surface area (Å²) in [6.07, 6.45) is 0. The molecule has 2 aromatic heterocycles. The Hall–Kier alpha value is -0.380. The van der Waals surface area contributed by atoms with Gasteiger partial charge in [0.2, 0.25) is 0 Å². The van der Waals surface area contributed by atoms with E-state index in [-0.39, 0.29) is 0 Å². The van der Waals surface area contributed by atoms with E-state index in [0.29, 0.717) is 5.15 Å². The molecule has 2 heterocycles. The number of thiophene rings is 1. The van der Waals surface area contributed by atoms with E-state index >= 15 is 0 Å². The molecule has 2 rings (SSSR count). The Kier molecular flexibility index (Phi) is 2.17. The summed E-state index contributed by atoms with van der Waals surface area (Å²) in [6.45, 7) is 2.09. The lowest BCUT2D eigenvalue weighted by atomic mass is 10.3. The second kappa shape index (κ2) is 3.17. The first-order valence-corrected chi connectivity index (χ1v) is 5.56. The van der Waals surface area contributed by atoms with Crippen molar-refractivity contribution in [2.75, 3.05) is 0 Å². The van der Waals surface area contributed by atoms with Crippen molar-refractivity contribution in [2.24, 2.45) is 0 Å². The number of nitrogens with zero attached hydrogens (tertiary/aromatic N) is 1. The van der Waals surface area contributed by atoms with Crippen LogP contribution in [0.1, 0.15) is 4.88 Å². The van der Waals surface area contributed by atoms with Gasteiger partial charge in [-0.3, -0.25) is 0 Å². The van der Waals surface area contributed by atoms with Crippen molar-refractivity contribution in [2.45, 2.75) is 6.92 Å². The summed E-state index contributed by atoms with van der Waals surface area (Å²) in [5.74, 6) is 0. The fraction of sp³-hybridized carbons (Fsp3) is 0.125. The topological polar surface area (TPSA) is 12.9 Å². The lowest BCUT2D eigenvalue weighted by Gasteiger charge is -1.85. The average Bonchev–Trinajstić information content (AvgIpc) is 2.58. The van der Waals surface area contributed by atoms with E-state index in [1.165, 1.54) is 10.4 Å². The van der Waals surface area contributed by atoms with Crippen molar-refractivity contribution in [3.8, 4) is 10.6 Å². The normalized spacial score (nSPS) is 10.5. The Balaban J connectivity index is 2.43. The summed E-state index contributed by atoms with van der Waals surface area (Å²) >= 11 is 9.03. The molecule has 0 spiro atoms. The standard InChI is InChI=1S/C8H6ClNS2/c1-5-2-6(3-11-5)8-10-7(9)4-12-8/h2-4H,1H3. The lowest BCUT2D eigenvalue weighted by molar-refractivity contribution is 1.42. The van der Waals surface area contributed by atoms with Crippen LogP contribution in [0.4, 0.5) is 0 Å². The molecule has 2 aromatic rings. The zero-order chi connectivity index (χ0) is 8.55. The fourth-order valence-electron chi connectivity index (χ4n) is 0.942. The average molecular weight is 216 g/mol. The van der Waals surface area contributed by atoms with Crippen molar-refractivity contribution < 1.29 is 0 Å². The second-order valence-electron chi connectivity index (χ2n) is 2.42. The molecule has 0 amide bonds. The molecule has 4 heteroatoms. The molecule has 0 aliphatic rings. The molecule has 0 unspecified atom stereocenters. The van der Waals surface area contributed by atoms with Gasteiger partial charge in [-0.2, -0.15) is 0 Å². The highest BCUT2D eigenvalue weighted by Crippen LogP contribution is 2.29. The number of aryl methyl sites for hydroxylation is 1. The Labute approximate surface area is 83.7 Å². The van der Waals surface area contributed by atoms with Crippen molar-refractivity contribution >= 4 is 34.3 Å². The van der Waals surface area contributed by atoms with E-state index < -0.39 is 0 Å². The summed E-state index contributed by atoms with van der Waals surface area (Å²) in [6, 6.07) is 2.12. The van der Waals surface area contributed by atoms with Gasteiger partial charge in [-0.05, 0) is 13.0 Å². The highest BCUT2D eigenvalue weighted by atomic mass is 35.5. The van der Waals surface area contributed by atoms with Gasteiger partial charge in [-0.1, -0.05) is 11.6 Å². The van der Waals surface area contributed by atoms with E-state index in [4.69, 9.17) is 11.6 Å². The quantitative estimate of drug-likeness (QED) is 0.705. The minimum atomic E-state index is 0.582. The van der Waals surface area contributed by atoms with Gasteiger partial charge in [0, 0.05) is 21.2 Å². The fourth-order valence-corrected chi connectivity index (χ4v) is 2.64. The predicted octanol–water partition coefficient (Wildman–Crippen LogP) is 3.83. The Morgan fingerprint density at radius 3 is 2.67 bits per heavy atom. The minimum Gasteiger partial charge on any atom is -0.224 e. The molecule has 0 radical (unpaired) electrons. The van der Waals surface area contributed by atoms with Crippen molar-refractivity contribution in [1.29, 1.82) is 0 Å². The van der Waals surface area contributed by atoms with Gasteiger partial charge in [0.05, 0.1) is 0 Å². The minimum absolute atomic E-state index is 0.582. The molecule has 0 saturated carbocycles. The lowest BCUT2D eigenvalue weighted by Crippen LogP contribution is -1.68. The summed E-state index contributed by atoms with van der Waals surface area (Å²) < 4.78 is 0. The van der Waals surface area contributed by atoms with Gasteiger partial charge in [0.15, 0.2) is 0 Å². The maximum absolute atomic E-state index is 5.72. The van der Waals surface area contributed by atoms with Crippen LogP contribution in [0.15, 0.2) is 16.8 Å². The third kappa shape index (κ3) is 1.53. The molecule has 0 aromatic carbocycles. The molecule has 0 aliphatic carbocycles. The third-order valence-electron chi connectivity index (χ3n) is 1.45. The van der Waals surface area contributed by atoms with Gasteiger partial charge in [-0.25, -0.2) is 4.98 Å². The van der Waals surface area contributed by atoms with Crippen LogP contribution >= 0.6 is 34.3 Å². The molecule has 0 fully saturated rings. The van der Waals surface area contributed by atoms with E-state index in [0.717, 1.165) is 5.01 Å². The van der Waals surface area contributed by atoms with Crippen LogP contribution in [0.3, 0.4) is 0 Å². The maximum atomic E-state index is 5.72. The molecule has 12 heavy (non-hydrogen) atoms. The monoisotopic (exact) mass is 215 g/mol. The Morgan fingerprint density at radius 2 is 2.17 bits per heavy atom. The van der Waals surface area contributed by atoms with Gasteiger partial charge >= 0.3 is 0 Å². The predicted molar refractivity (Wildman–Crippen MR) is 55.2 cm³/mol.